The van der Waals surface area contributed by atoms with Gasteiger partial charge in [0.15, 0.2) is 11.9 Å². The fourth-order valence-corrected chi connectivity index (χ4v) is 2.64. The number of carbonyl (C=O) groups excluding carboxylic acids is 1. The minimum atomic E-state index is -0.782. The van der Waals surface area contributed by atoms with Crippen molar-refractivity contribution < 1.29 is 13.9 Å². The van der Waals surface area contributed by atoms with Crippen LogP contribution >= 0.6 is 0 Å². The van der Waals surface area contributed by atoms with Crippen molar-refractivity contribution in [2.45, 2.75) is 26.9 Å². The lowest BCUT2D eigenvalue weighted by atomic mass is 10.1. The molecular formula is C18H16N2O5. The van der Waals surface area contributed by atoms with Gasteiger partial charge in [-0.1, -0.05) is 12.1 Å². The van der Waals surface area contributed by atoms with Gasteiger partial charge < -0.3 is 14.1 Å². The Labute approximate surface area is 142 Å². The zero-order valence-corrected chi connectivity index (χ0v) is 14.0. The minimum Gasteiger partial charge on any atom is -0.451 e. The van der Waals surface area contributed by atoms with Crippen LogP contribution in [-0.4, -0.2) is 15.9 Å². The minimum absolute atomic E-state index is 0.183. The number of aromatic amines is 1. The van der Waals surface area contributed by atoms with Gasteiger partial charge in [0.1, 0.15) is 11.3 Å². The molecule has 1 N–H and O–H groups in total. The van der Waals surface area contributed by atoms with Crippen molar-refractivity contribution >= 4 is 16.9 Å². The van der Waals surface area contributed by atoms with E-state index >= 15 is 0 Å². The summed E-state index contributed by atoms with van der Waals surface area (Å²) in [7, 11) is 0. The summed E-state index contributed by atoms with van der Waals surface area (Å²) >= 11 is 0. The Balaban J connectivity index is 1.92. The first kappa shape index (κ1) is 16.6. The molecule has 2 heterocycles. The fraction of sp³-hybridized carbons (Fsp3) is 0.222. The number of nitrogens with zero attached hydrogens (tertiary/aromatic N) is 1. The van der Waals surface area contributed by atoms with E-state index in [2.05, 4.69) is 9.97 Å². The van der Waals surface area contributed by atoms with Gasteiger partial charge in [0.05, 0.1) is 10.9 Å². The van der Waals surface area contributed by atoms with E-state index in [-0.39, 0.29) is 22.7 Å². The Morgan fingerprint density at radius 3 is 2.68 bits per heavy atom. The zero-order chi connectivity index (χ0) is 18.1. The quantitative estimate of drug-likeness (QED) is 0.735. The largest absolute Gasteiger partial charge is 0.451 e. The average molecular weight is 340 g/mol. The SMILES string of the molecule is Cc1cc(=O)oc(C)c1C(=O)OC(C)c1nc2ccccc2c(=O)[nH]1. The molecule has 25 heavy (non-hydrogen) atoms. The molecule has 0 bridgehead atoms. The van der Waals surface area contributed by atoms with E-state index in [1.165, 1.54) is 13.0 Å². The lowest BCUT2D eigenvalue weighted by Gasteiger charge is -2.14. The number of aromatic nitrogens is 2. The second-order valence-corrected chi connectivity index (χ2v) is 5.70. The smallest absolute Gasteiger partial charge is 0.342 e. The summed E-state index contributed by atoms with van der Waals surface area (Å²) in [6.07, 6.45) is -0.782. The number of carbonyl (C=O) groups is 1. The Morgan fingerprint density at radius 1 is 1.24 bits per heavy atom. The molecule has 2 aromatic heterocycles. The standard InChI is InChI=1S/C18H16N2O5/c1-9-8-14(21)24-10(2)15(9)18(23)25-11(3)16-19-13-7-5-4-6-12(13)17(22)20-16/h4-8,11H,1-3H3,(H,19,20,22). The molecule has 128 valence electrons. The number of nitrogens with one attached hydrogen (secondary N) is 1. The van der Waals surface area contributed by atoms with E-state index in [9.17, 15) is 14.4 Å². The van der Waals surface area contributed by atoms with E-state index in [0.29, 0.717) is 16.5 Å². The molecule has 7 nitrogen and oxygen atoms in total. The Morgan fingerprint density at radius 2 is 1.96 bits per heavy atom. The van der Waals surface area contributed by atoms with Crippen molar-refractivity contribution in [2.75, 3.05) is 0 Å². The second kappa shape index (κ2) is 6.35. The normalized spacial score (nSPS) is 12.1. The van der Waals surface area contributed by atoms with Gasteiger partial charge in [0.2, 0.25) is 0 Å². The van der Waals surface area contributed by atoms with Crippen LogP contribution in [0.5, 0.6) is 0 Å². The van der Waals surface area contributed by atoms with Crippen LogP contribution in [0.15, 0.2) is 44.3 Å². The third kappa shape index (κ3) is 3.21. The zero-order valence-electron chi connectivity index (χ0n) is 14.0. The van der Waals surface area contributed by atoms with Gasteiger partial charge >= 0.3 is 11.6 Å². The van der Waals surface area contributed by atoms with E-state index in [0.717, 1.165) is 0 Å². The highest BCUT2D eigenvalue weighted by Crippen LogP contribution is 2.19. The third-order valence-corrected chi connectivity index (χ3v) is 3.84. The summed E-state index contributed by atoms with van der Waals surface area (Å²) in [5, 5.41) is 0.460. The van der Waals surface area contributed by atoms with Crippen LogP contribution in [0.25, 0.3) is 10.9 Å². The molecule has 1 aromatic carbocycles. The van der Waals surface area contributed by atoms with Crippen molar-refractivity contribution in [2.24, 2.45) is 0 Å². The second-order valence-electron chi connectivity index (χ2n) is 5.70. The van der Waals surface area contributed by atoms with Crippen LogP contribution in [0.4, 0.5) is 0 Å². The Hall–Kier alpha value is -3.22. The molecule has 3 aromatic rings. The van der Waals surface area contributed by atoms with Gasteiger partial charge in [-0.2, -0.15) is 0 Å². The maximum atomic E-state index is 12.4. The molecule has 0 fully saturated rings. The van der Waals surface area contributed by atoms with Crippen LogP contribution < -0.4 is 11.2 Å². The summed E-state index contributed by atoms with van der Waals surface area (Å²) < 4.78 is 10.3. The van der Waals surface area contributed by atoms with Crippen LogP contribution in [0.2, 0.25) is 0 Å². The molecule has 1 atom stereocenters. The highest BCUT2D eigenvalue weighted by Gasteiger charge is 2.21. The maximum Gasteiger partial charge on any atom is 0.342 e. The number of para-hydroxylation sites is 1. The van der Waals surface area contributed by atoms with Gasteiger partial charge in [0, 0.05) is 6.07 Å². The van der Waals surface area contributed by atoms with E-state index in [1.54, 1.807) is 38.1 Å². The summed E-state index contributed by atoms with van der Waals surface area (Å²) in [5.41, 5.74) is 0.337. The number of ether oxygens (including phenoxy) is 1. The molecule has 0 saturated heterocycles. The Bertz CT molecular complexity index is 1050. The first-order valence-corrected chi connectivity index (χ1v) is 7.68. The van der Waals surface area contributed by atoms with Crippen molar-refractivity contribution in [3.05, 3.63) is 73.8 Å². The molecule has 0 saturated carbocycles. The molecule has 0 amide bonds. The fourth-order valence-electron chi connectivity index (χ4n) is 2.64. The third-order valence-electron chi connectivity index (χ3n) is 3.84. The molecular weight excluding hydrogens is 324 g/mol. The number of aryl methyl sites for hydroxylation is 2. The highest BCUT2D eigenvalue weighted by atomic mass is 16.5. The predicted octanol–water partition coefficient (Wildman–Crippen LogP) is 2.41. The molecule has 0 aliphatic carbocycles. The van der Waals surface area contributed by atoms with Gasteiger partial charge in [-0.3, -0.25) is 4.79 Å². The molecule has 0 radical (unpaired) electrons. The number of benzene rings is 1. The lowest BCUT2D eigenvalue weighted by molar-refractivity contribution is 0.0314. The summed E-state index contributed by atoms with van der Waals surface area (Å²) in [5.74, 6) is -0.228. The van der Waals surface area contributed by atoms with E-state index in [4.69, 9.17) is 9.15 Å². The van der Waals surface area contributed by atoms with E-state index < -0.39 is 17.7 Å². The van der Waals surface area contributed by atoms with Gasteiger partial charge in [-0.25, -0.2) is 14.6 Å². The first-order chi connectivity index (χ1) is 11.9. The van der Waals surface area contributed by atoms with E-state index in [1.807, 2.05) is 0 Å². The molecule has 1 unspecified atom stereocenters. The van der Waals surface area contributed by atoms with Gasteiger partial charge in [0.25, 0.3) is 5.56 Å². The predicted molar refractivity (Wildman–Crippen MR) is 90.6 cm³/mol. The average Bonchev–Trinajstić information content (AvgIpc) is 2.53. The topological polar surface area (TPSA) is 102 Å². The number of esters is 1. The molecule has 0 aliphatic heterocycles. The maximum absolute atomic E-state index is 12.4. The molecule has 7 heteroatoms. The van der Waals surface area contributed by atoms with Crippen LogP contribution in [-0.2, 0) is 4.74 Å². The number of hydrogen-bond acceptors (Lipinski definition) is 6. The lowest BCUT2D eigenvalue weighted by Crippen LogP contribution is -2.19. The van der Waals surface area contributed by atoms with Crippen molar-refractivity contribution in [3.8, 4) is 0 Å². The van der Waals surface area contributed by atoms with Gasteiger partial charge in [-0.15, -0.1) is 0 Å². The number of rotatable bonds is 3. The number of hydrogen-bond donors (Lipinski definition) is 1. The molecule has 0 aliphatic rings. The van der Waals surface area contributed by atoms with Gasteiger partial charge in [-0.05, 0) is 38.5 Å². The monoisotopic (exact) mass is 340 g/mol. The summed E-state index contributed by atoms with van der Waals surface area (Å²) in [4.78, 5) is 42.8. The summed E-state index contributed by atoms with van der Waals surface area (Å²) in [6, 6.07) is 8.12. The van der Waals surface area contributed by atoms with Crippen molar-refractivity contribution in [1.29, 1.82) is 0 Å². The number of fused-ring (bicyclic) bond motifs is 1. The molecule has 0 spiro atoms. The molecule has 3 rings (SSSR count). The summed E-state index contributed by atoms with van der Waals surface area (Å²) in [6.45, 7) is 4.75. The van der Waals surface area contributed by atoms with Crippen LogP contribution in [0.3, 0.4) is 0 Å². The highest BCUT2D eigenvalue weighted by molar-refractivity contribution is 5.92. The first-order valence-electron chi connectivity index (χ1n) is 7.68. The van der Waals surface area contributed by atoms with Crippen LogP contribution in [0.1, 0.15) is 40.5 Å². The number of H-pyrrole nitrogens is 1. The Kier molecular flexibility index (Phi) is 4.22. The van der Waals surface area contributed by atoms with Crippen LogP contribution in [0, 0.1) is 13.8 Å². The van der Waals surface area contributed by atoms with Crippen molar-refractivity contribution in [3.63, 3.8) is 0 Å². The van der Waals surface area contributed by atoms with Crippen molar-refractivity contribution in [1.82, 2.24) is 9.97 Å².